The van der Waals surface area contributed by atoms with Crippen molar-refractivity contribution >= 4 is 15.9 Å². The molecule has 24 heavy (non-hydrogen) atoms. The summed E-state index contributed by atoms with van der Waals surface area (Å²) in [7, 11) is -3.83. The molecule has 0 spiro atoms. The van der Waals surface area contributed by atoms with E-state index in [4.69, 9.17) is 4.74 Å². The molecule has 0 aromatic carbocycles. The van der Waals surface area contributed by atoms with E-state index in [1.54, 1.807) is 20.8 Å². The highest BCUT2D eigenvalue weighted by molar-refractivity contribution is 7.91. The zero-order valence-corrected chi connectivity index (χ0v) is 14.8. The van der Waals surface area contributed by atoms with Crippen LogP contribution < -0.4 is 0 Å². The van der Waals surface area contributed by atoms with Gasteiger partial charge < -0.3 is 9.64 Å². The molecule has 1 fully saturated rings. The molecule has 1 aliphatic rings. The first kappa shape index (κ1) is 18.6. The van der Waals surface area contributed by atoms with Crippen molar-refractivity contribution in [2.24, 2.45) is 0 Å². The summed E-state index contributed by atoms with van der Waals surface area (Å²) in [4.78, 5) is 20.8. The van der Waals surface area contributed by atoms with Crippen LogP contribution in [0, 0.1) is 5.82 Å². The quantitative estimate of drug-likeness (QED) is 0.769. The molecule has 0 unspecified atom stereocenters. The number of hydrogen-bond donors (Lipinski definition) is 0. The molecule has 2 heterocycles. The average Bonchev–Trinajstić information content (AvgIpc) is 2.46. The lowest BCUT2D eigenvalue weighted by molar-refractivity contribution is 0.0124. The van der Waals surface area contributed by atoms with Crippen LogP contribution in [0.4, 0.5) is 9.18 Å². The van der Waals surface area contributed by atoms with Crippen LogP contribution in [0.25, 0.3) is 0 Å². The minimum absolute atomic E-state index is 0.308. The van der Waals surface area contributed by atoms with Crippen molar-refractivity contribution in [1.82, 2.24) is 14.9 Å². The van der Waals surface area contributed by atoms with Crippen LogP contribution in [0.1, 0.15) is 40.0 Å². The maximum absolute atomic E-state index is 12.9. The van der Waals surface area contributed by atoms with Gasteiger partial charge in [-0.15, -0.1) is 0 Å². The van der Waals surface area contributed by atoms with E-state index in [1.165, 1.54) is 4.90 Å². The van der Waals surface area contributed by atoms with Crippen LogP contribution in [0.3, 0.4) is 0 Å². The molecule has 1 atom stereocenters. The lowest BCUT2D eigenvalue weighted by Crippen LogP contribution is -2.49. The van der Waals surface area contributed by atoms with Crippen molar-refractivity contribution in [2.75, 3.05) is 12.3 Å². The molecule has 1 saturated heterocycles. The molecule has 7 nitrogen and oxygen atoms in total. The zero-order valence-electron chi connectivity index (χ0n) is 14.0. The van der Waals surface area contributed by atoms with Gasteiger partial charge in [-0.3, -0.25) is 0 Å². The summed E-state index contributed by atoms with van der Waals surface area (Å²) in [6, 6.07) is -0.507. The number of aromatic nitrogens is 2. The lowest BCUT2D eigenvalue weighted by atomic mass is 10.0. The number of hydrogen-bond acceptors (Lipinski definition) is 6. The van der Waals surface area contributed by atoms with Gasteiger partial charge in [0.15, 0.2) is 5.82 Å². The molecule has 0 aliphatic carbocycles. The number of amides is 1. The molecule has 2 rings (SSSR count). The fourth-order valence-corrected chi connectivity index (χ4v) is 3.95. The first-order chi connectivity index (χ1) is 11.1. The molecular formula is C15H22FN3O4S. The fourth-order valence-electron chi connectivity index (χ4n) is 2.52. The van der Waals surface area contributed by atoms with Crippen molar-refractivity contribution in [3.63, 3.8) is 0 Å². The maximum atomic E-state index is 12.9. The van der Waals surface area contributed by atoms with Crippen LogP contribution in [0.2, 0.25) is 0 Å². The fraction of sp³-hybridized carbons (Fsp3) is 0.667. The van der Waals surface area contributed by atoms with Crippen LogP contribution in [0.5, 0.6) is 0 Å². The summed E-state index contributed by atoms with van der Waals surface area (Å²) in [5.74, 6) is -1.01. The third kappa shape index (κ3) is 4.86. The van der Waals surface area contributed by atoms with Gasteiger partial charge in [-0.05, 0) is 40.0 Å². The molecule has 1 aliphatic heterocycles. The Morgan fingerprint density at radius 2 is 1.96 bits per heavy atom. The number of halogens is 1. The smallest absolute Gasteiger partial charge is 0.410 e. The summed E-state index contributed by atoms with van der Waals surface area (Å²) in [6.07, 6.45) is 3.27. The minimum atomic E-state index is -3.83. The highest BCUT2D eigenvalue weighted by Gasteiger charge is 2.34. The van der Waals surface area contributed by atoms with Crippen LogP contribution >= 0.6 is 0 Å². The highest BCUT2D eigenvalue weighted by atomic mass is 32.2. The normalized spacial score (nSPS) is 19.2. The third-order valence-corrected chi connectivity index (χ3v) is 5.13. The Kier molecular flexibility index (Phi) is 5.42. The van der Waals surface area contributed by atoms with E-state index < -0.39 is 38.5 Å². The van der Waals surface area contributed by atoms with E-state index in [-0.39, 0.29) is 5.75 Å². The average molecular weight is 359 g/mol. The van der Waals surface area contributed by atoms with Gasteiger partial charge in [0, 0.05) is 12.6 Å². The monoisotopic (exact) mass is 359 g/mol. The minimum Gasteiger partial charge on any atom is -0.444 e. The van der Waals surface area contributed by atoms with Gasteiger partial charge >= 0.3 is 6.09 Å². The van der Waals surface area contributed by atoms with E-state index in [0.29, 0.717) is 13.0 Å². The molecule has 134 valence electrons. The van der Waals surface area contributed by atoms with E-state index in [1.807, 2.05) is 0 Å². The molecular weight excluding hydrogens is 337 g/mol. The third-order valence-electron chi connectivity index (χ3n) is 3.54. The Balaban J connectivity index is 2.15. The van der Waals surface area contributed by atoms with Crippen molar-refractivity contribution in [3.8, 4) is 0 Å². The van der Waals surface area contributed by atoms with Gasteiger partial charge in [0.25, 0.3) is 0 Å². The summed E-state index contributed by atoms with van der Waals surface area (Å²) in [6.45, 7) is 5.71. The number of nitrogens with zero attached hydrogens (tertiary/aromatic N) is 3. The van der Waals surface area contributed by atoms with Gasteiger partial charge in [0.1, 0.15) is 5.60 Å². The second kappa shape index (κ2) is 7.00. The number of carbonyl (C=O) groups is 1. The van der Waals surface area contributed by atoms with Gasteiger partial charge in [-0.1, -0.05) is 0 Å². The standard InChI is InChI=1S/C15H22FN3O4S/c1-15(2,3)23-14(20)19-7-5-4-6-12(19)10-24(21,22)13-17-8-11(16)9-18-13/h8-9,12H,4-7,10H2,1-3H3/t12-/m1/s1. The Hall–Kier alpha value is -1.77. The highest BCUT2D eigenvalue weighted by Crippen LogP contribution is 2.23. The predicted molar refractivity (Wildman–Crippen MR) is 84.6 cm³/mol. The zero-order chi connectivity index (χ0) is 18.0. The van der Waals surface area contributed by atoms with Crippen LogP contribution in [-0.2, 0) is 14.6 Å². The number of piperidine rings is 1. The molecule has 9 heteroatoms. The van der Waals surface area contributed by atoms with Crippen molar-refractivity contribution in [1.29, 1.82) is 0 Å². The van der Waals surface area contributed by atoms with E-state index in [9.17, 15) is 17.6 Å². The molecule has 1 amide bonds. The molecule has 1 aromatic rings. The number of carbonyl (C=O) groups excluding carboxylic acids is 1. The number of likely N-dealkylation sites (tertiary alicyclic amines) is 1. The van der Waals surface area contributed by atoms with Gasteiger partial charge in [0.2, 0.25) is 15.0 Å². The van der Waals surface area contributed by atoms with Crippen LogP contribution in [0.15, 0.2) is 17.6 Å². The van der Waals surface area contributed by atoms with E-state index in [0.717, 1.165) is 25.2 Å². The SMILES string of the molecule is CC(C)(C)OC(=O)N1CCCC[C@@H]1CS(=O)(=O)c1ncc(F)cn1. The molecule has 1 aromatic heterocycles. The molecule has 0 bridgehead atoms. The van der Waals surface area contributed by atoms with Crippen LogP contribution in [-0.4, -0.2) is 53.3 Å². The van der Waals surface area contributed by atoms with Crippen molar-refractivity contribution in [3.05, 3.63) is 18.2 Å². The Bertz CT molecular complexity index is 686. The maximum Gasteiger partial charge on any atom is 0.410 e. The second-order valence-corrected chi connectivity index (χ2v) is 8.72. The largest absolute Gasteiger partial charge is 0.444 e. The number of ether oxygens (including phenoxy) is 1. The topological polar surface area (TPSA) is 89.5 Å². The summed E-state index contributed by atoms with van der Waals surface area (Å²) < 4.78 is 43.1. The summed E-state index contributed by atoms with van der Waals surface area (Å²) in [5.41, 5.74) is -0.655. The van der Waals surface area contributed by atoms with E-state index >= 15 is 0 Å². The molecule has 0 N–H and O–H groups in total. The van der Waals surface area contributed by atoms with Crippen molar-refractivity contribution < 1.29 is 22.3 Å². The number of sulfone groups is 1. The second-order valence-electron chi connectivity index (χ2n) is 6.79. The molecule has 0 saturated carbocycles. The van der Waals surface area contributed by atoms with Crippen molar-refractivity contribution in [2.45, 2.75) is 56.8 Å². The van der Waals surface area contributed by atoms with Gasteiger partial charge in [-0.2, -0.15) is 0 Å². The Morgan fingerprint density at radius 3 is 2.54 bits per heavy atom. The summed E-state index contributed by atoms with van der Waals surface area (Å²) in [5, 5.41) is -0.432. The summed E-state index contributed by atoms with van der Waals surface area (Å²) >= 11 is 0. The molecule has 0 radical (unpaired) electrons. The number of rotatable bonds is 3. The first-order valence-corrected chi connectivity index (χ1v) is 9.44. The van der Waals surface area contributed by atoms with E-state index in [2.05, 4.69) is 9.97 Å². The van der Waals surface area contributed by atoms with Gasteiger partial charge in [0.05, 0.1) is 18.1 Å². The predicted octanol–water partition coefficient (Wildman–Crippen LogP) is 2.18. The Labute approximate surface area is 141 Å². The van der Waals surface area contributed by atoms with Gasteiger partial charge in [-0.25, -0.2) is 27.6 Å². The first-order valence-electron chi connectivity index (χ1n) is 7.78. The lowest BCUT2D eigenvalue weighted by Gasteiger charge is -2.36. The Morgan fingerprint density at radius 1 is 1.33 bits per heavy atom.